The summed E-state index contributed by atoms with van der Waals surface area (Å²) in [6.07, 6.45) is -2.99. The Hall–Kier alpha value is -2.39. The van der Waals surface area contributed by atoms with Gasteiger partial charge in [-0.1, -0.05) is 12.2 Å². The van der Waals surface area contributed by atoms with E-state index in [1.807, 2.05) is 0 Å². The van der Waals surface area contributed by atoms with Crippen LogP contribution in [0.25, 0.3) is 22.2 Å². The molecule has 6 heterocycles. The van der Waals surface area contributed by atoms with E-state index in [0.717, 1.165) is 11.5 Å². The number of phosphoric ester groups is 1. The number of nitrogens with two attached hydrogens (primary N) is 1. The van der Waals surface area contributed by atoms with E-state index >= 15 is 0 Å². The maximum absolute atomic E-state index is 13.7. The van der Waals surface area contributed by atoms with Gasteiger partial charge >= 0.3 is 14.6 Å². The van der Waals surface area contributed by atoms with Crippen molar-refractivity contribution in [3.05, 3.63) is 33.7 Å². The van der Waals surface area contributed by atoms with Crippen molar-refractivity contribution in [2.24, 2.45) is 17.8 Å². The highest BCUT2D eigenvalue weighted by molar-refractivity contribution is 8.44. The van der Waals surface area contributed by atoms with Crippen LogP contribution in [0.15, 0.2) is 17.4 Å². The van der Waals surface area contributed by atoms with Crippen molar-refractivity contribution in [2.45, 2.75) is 49.4 Å². The number of hydrogen-bond donors (Lipinski definition) is 6. The number of phosphoric acid groups is 1. The van der Waals surface area contributed by atoms with E-state index in [9.17, 15) is 29.0 Å². The van der Waals surface area contributed by atoms with E-state index in [1.54, 1.807) is 11.5 Å². The van der Waals surface area contributed by atoms with Crippen molar-refractivity contribution in [1.29, 1.82) is 0 Å². The van der Waals surface area contributed by atoms with Gasteiger partial charge in [-0.3, -0.25) is 22.9 Å². The van der Waals surface area contributed by atoms with Crippen LogP contribution >= 0.6 is 38.4 Å². The van der Waals surface area contributed by atoms with Gasteiger partial charge < -0.3 is 35.1 Å². The van der Waals surface area contributed by atoms with Crippen molar-refractivity contribution in [2.75, 3.05) is 25.6 Å². The molecule has 4 fully saturated rings. The summed E-state index contributed by atoms with van der Waals surface area (Å²) in [6, 6.07) is 0. The minimum atomic E-state index is -4.92. The summed E-state index contributed by atoms with van der Waals surface area (Å²) >= 11 is 5.06. The van der Waals surface area contributed by atoms with Gasteiger partial charge in [-0.15, -0.1) is 0 Å². The van der Waals surface area contributed by atoms with Crippen LogP contribution in [0.2, 0.25) is 0 Å². The third-order valence-electron chi connectivity index (χ3n) is 9.41. The number of H-pyrrole nitrogens is 1. The Balaban J connectivity index is 1.15. The summed E-state index contributed by atoms with van der Waals surface area (Å²) in [7, 11) is -4.92. The number of nitrogens with one attached hydrogen (secondary N) is 1. The zero-order chi connectivity index (χ0) is 33.0. The number of aliphatic hydroxyl groups is 2. The molecule has 2 unspecified atom stereocenters. The van der Waals surface area contributed by atoms with Crippen molar-refractivity contribution >= 4 is 66.4 Å². The summed E-state index contributed by atoms with van der Waals surface area (Å²) in [4.78, 5) is 43.3. The molecule has 19 nitrogen and oxygen atoms in total. The largest absolute Gasteiger partial charge is 0.472 e. The predicted octanol–water partition coefficient (Wildman–Crippen LogP) is 0.820. The zero-order valence-electron chi connectivity index (χ0n) is 24.2. The van der Waals surface area contributed by atoms with Gasteiger partial charge in [-0.05, 0) is 30.8 Å². The Morgan fingerprint density at radius 3 is 2.77 bits per heavy atom. The fourth-order valence-corrected chi connectivity index (χ4v) is 10.6. The van der Waals surface area contributed by atoms with E-state index in [-0.39, 0.29) is 16.9 Å². The van der Waals surface area contributed by atoms with Crippen LogP contribution in [0, 0.1) is 24.7 Å². The van der Waals surface area contributed by atoms with E-state index in [4.69, 9.17) is 28.6 Å². The lowest BCUT2D eigenvalue weighted by Crippen LogP contribution is -2.40. The minimum Gasteiger partial charge on any atom is -0.396 e. The highest BCUT2D eigenvalue weighted by Crippen LogP contribution is 2.69. The molecule has 2 bridgehead atoms. The topological polar surface area (TPSA) is 269 Å². The van der Waals surface area contributed by atoms with Crippen LogP contribution in [0.3, 0.4) is 0 Å². The summed E-state index contributed by atoms with van der Waals surface area (Å²) in [5, 5.41) is 22.1. The number of nitrogens with zero attached hydrogens (tertiary/aromatic N) is 6. The first-order valence-electron chi connectivity index (χ1n) is 14.4. The summed E-state index contributed by atoms with van der Waals surface area (Å²) < 4.78 is 62.0. The van der Waals surface area contributed by atoms with E-state index in [2.05, 4.69) is 41.5 Å². The van der Waals surface area contributed by atoms with Crippen molar-refractivity contribution in [3.8, 4) is 0 Å². The van der Waals surface area contributed by atoms with Crippen LogP contribution in [0.1, 0.15) is 23.2 Å². The molecule has 4 aromatic heterocycles. The van der Waals surface area contributed by atoms with Gasteiger partial charge in [0.25, 0.3) is 5.56 Å². The summed E-state index contributed by atoms with van der Waals surface area (Å²) in [5.74, 6) is -1.76. The molecule has 0 radical (unpaired) electrons. The predicted molar refractivity (Wildman–Crippen MR) is 164 cm³/mol. The Morgan fingerprint density at radius 1 is 1.17 bits per heavy atom. The second-order valence-corrected chi connectivity index (χ2v) is 17.0. The zero-order valence-corrected chi connectivity index (χ0v) is 27.7. The summed E-state index contributed by atoms with van der Waals surface area (Å²) in [6.45, 7) is -4.19. The molecule has 47 heavy (non-hydrogen) atoms. The molecule has 0 amide bonds. The maximum Gasteiger partial charge on any atom is 0.472 e. The van der Waals surface area contributed by atoms with Gasteiger partial charge in [-0.25, -0.2) is 29.1 Å². The molecule has 8 rings (SSSR count). The number of aryl methyl sites for hydroxylation is 1. The van der Waals surface area contributed by atoms with Crippen molar-refractivity contribution in [1.82, 2.24) is 33.9 Å². The van der Waals surface area contributed by atoms with Gasteiger partial charge in [0.05, 0.1) is 42.7 Å². The molecular formula is C24H28N8O11P2S2. The lowest BCUT2D eigenvalue weighted by Gasteiger charge is -2.30. The molecule has 0 aromatic carbocycles. The first-order valence-corrected chi connectivity index (χ1v) is 19.4. The molecule has 2 saturated heterocycles. The number of aliphatic hydroxyl groups excluding tert-OH is 2. The number of aromatic amines is 1. The van der Waals surface area contributed by atoms with Crippen molar-refractivity contribution in [3.63, 3.8) is 0 Å². The highest BCUT2D eigenvalue weighted by Gasteiger charge is 2.74. The average Bonchev–Trinajstić information content (AvgIpc) is 3.30. The van der Waals surface area contributed by atoms with Crippen LogP contribution in [-0.2, 0) is 37.5 Å². The molecule has 23 heteroatoms. The number of nitrogen functional groups attached to an aromatic ring is 1. The van der Waals surface area contributed by atoms with Gasteiger partial charge in [0.15, 0.2) is 17.0 Å². The quantitative estimate of drug-likeness (QED) is 0.126. The first kappa shape index (κ1) is 31.9. The smallest absolute Gasteiger partial charge is 0.396 e. The van der Waals surface area contributed by atoms with Crippen molar-refractivity contribution < 1.29 is 47.1 Å². The molecule has 0 spiro atoms. The molecule has 2 aliphatic carbocycles. The Labute approximate surface area is 273 Å². The number of aromatic nitrogens is 7. The third-order valence-corrected chi connectivity index (χ3v) is 12.9. The second-order valence-electron chi connectivity index (χ2n) is 12.0. The van der Waals surface area contributed by atoms with Crippen LogP contribution in [-0.4, -0.2) is 93.2 Å². The number of thiol groups is 1. The Kier molecular flexibility index (Phi) is 7.50. The van der Waals surface area contributed by atoms with Crippen LogP contribution < -0.4 is 11.3 Å². The van der Waals surface area contributed by atoms with E-state index < -0.39 is 93.8 Å². The number of anilines is 1. The standard InChI is InChI=1S/C24H28N8O11P2S2/c1-8-29-13-14(23(35)30-8)31-47-19(13)18-16-9(3-33)12(41-18)5-40-45(38,46)43-17-10(4-39-44(36,37)42-16)11-2-24(11,20(17)34)32-7-28-15-21(25)26-6-27-22(15)32/h6-7,9-12,16-18,20,33-34H,2-5H2,1H3,(H,36,37)(H,38,46)(H2,25,26,27)(H,29,30,35)/t9-,10+,11+,12-,16-,17-,18-,20-,24?,45+/m1/s1. The molecule has 6 N–H and O–H groups in total. The van der Waals surface area contributed by atoms with E-state index in [1.165, 1.54) is 12.7 Å². The fourth-order valence-electron chi connectivity index (χ4n) is 7.24. The lowest BCUT2D eigenvalue weighted by molar-refractivity contribution is -0.0355. The number of rotatable bonds is 3. The number of ether oxygens (including phenoxy) is 1. The molecule has 4 aromatic rings. The number of imidazole rings is 1. The van der Waals surface area contributed by atoms with E-state index in [0.29, 0.717) is 28.3 Å². The van der Waals surface area contributed by atoms with Crippen LogP contribution in [0.5, 0.6) is 0 Å². The van der Waals surface area contributed by atoms with Gasteiger partial charge in [0.2, 0.25) is 0 Å². The van der Waals surface area contributed by atoms with Gasteiger partial charge in [0, 0.05) is 11.8 Å². The normalized spacial score (nSPS) is 40.4. The monoisotopic (exact) mass is 730 g/mol. The summed E-state index contributed by atoms with van der Waals surface area (Å²) in [5.41, 5.74) is 5.33. The number of fused-ring (bicyclic) bond motifs is 7. The molecule has 4 aliphatic rings. The Bertz CT molecular complexity index is 2060. The molecule has 252 valence electrons. The Morgan fingerprint density at radius 2 is 1.98 bits per heavy atom. The highest BCUT2D eigenvalue weighted by atomic mass is 32.7. The maximum atomic E-state index is 13.7. The van der Waals surface area contributed by atoms with Gasteiger partial charge in [-0.2, -0.15) is 4.37 Å². The molecule has 11 atom stereocenters. The fraction of sp³-hybridized carbons (Fsp3) is 0.583. The van der Waals surface area contributed by atoms with Crippen LogP contribution in [0.4, 0.5) is 5.82 Å². The third kappa shape index (κ3) is 5.02. The first-order chi connectivity index (χ1) is 22.3. The number of hydrogen-bond acceptors (Lipinski definition) is 17. The van der Waals surface area contributed by atoms with Gasteiger partial charge in [0.1, 0.15) is 47.6 Å². The SMILES string of the molecule is Cc1nc2c([C@@H]3O[C@@H]4CO[P@](=O)(S)O[C@@H]5[C@@H](COP(=O)(O)O[C@@H]3[C@@H]4CO)[C@@H]3CC3(n3cnc4c(N)ncnc43)[C@@H]5O)snc2c(=O)[nH]1. The second kappa shape index (κ2) is 11.1. The molecule has 2 aliphatic heterocycles. The molecule has 2 saturated carbocycles. The average molecular weight is 731 g/mol. The lowest BCUT2D eigenvalue weighted by atomic mass is 9.96. The minimum absolute atomic E-state index is 0.0304. The molecular weight excluding hydrogens is 702 g/mol.